The molecule has 122 valence electrons. The number of rotatable bonds is 7. The number of hydrogen-bond acceptors (Lipinski definition) is 6. The zero-order valence-electron chi connectivity index (χ0n) is 13.5. The van der Waals surface area contributed by atoms with Gasteiger partial charge in [0.15, 0.2) is 17.0 Å². The molecular weight excluding hydrogens is 296 g/mol. The summed E-state index contributed by atoms with van der Waals surface area (Å²) < 4.78 is 6.80. The minimum atomic E-state index is -0.557. The molecule has 0 amide bonds. The molecule has 0 aromatic carbocycles. The van der Waals surface area contributed by atoms with Gasteiger partial charge in [-0.05, 0) is 13.3 Å². The summed E-state index contributed by atoms with van der Waals surface area (Å²) in [5.74, 6) is 0.104. The molecule has 2 rings (SSSR count). The number of hydrogen-bond donors (Lipinski definition) is 0. The van der Waals surface area contributed by atoms with Crippen molar-refractivity contribution in [3.63, 3.8) is 0 Å². The third-order valence-corrected chi connectivity index (χ3v) is 3.03. The quantitative estimate of drug-likeness (QED) is 0.335. The minimum Gasteiger partial charge on any atom is -0.464 e. The van der Waals surface area contributed by atoms with Gasteiger partial charge in [0.2, 0.25) is 0 Å². The third-order valence-electron chi connectivity index (χ3n) is 3.03. The Morgan fingerprint density at radius 1 is 1.48 bits per heavy atom. The van der Waals surface area contributed by atoms with Crippen molar-refractivity contribution in [3.8, 4) is 0 Å². The predicted molar refractivity (Wildman–Crippen MR) is 87.6 cm³/mol. The Balaban J connectivity index is 2.47. The SMILES string of the molecule is C=CCC(C(=O)OCC)n1cnc2c(/N=C/N(C)C)ncnc21. The number of esters is 1. The van der Waals surface area contributed by atoms with E-state index in [-0.39, 0.29) is 5.97 Å². The van der Waals surface area contributed by atoms with Gasteiger partial charge < -0.3 is 14.2 Å². The van der Waals surface area contributed by atoms with E-state index in [1.165, 1.54) is 6.33 Å². The first-order valence-corrected chi connectivity index (χ1v) is 7.24. The second-order valence-electron chi connectivity index (χ2n) is 5.02. The molecule has 2 aromatic heterocycles. The summed E-state index contributed by atoms with van der Waals surface area (Å²) >= 11 is 0. The van der Waals surface area contributed by atoms with Gasteiger partial charge in [0.05, 0.1) is 19.3 Å². The lowest BCUT2D eigenvalue weighted by molar-refractivity contribution is -0.146. The molecule has 23 heavy (non-hydrogen) atoms. The van der Waals surface area contributed by atoms with Crippen molar-refractivity contribution in [2.24, 2.45) is 4.99 Å². The topological polar surface area (TPSA) is 85.5 Å². The molecule has 8 heteroatoms. The van der Waals surface area contributed by atoms with Gasteiger partial charge in [-0.2, -0.15) is 0 Å². The van der Waals surface area contributed by atoms with E-state index < -0.39 is 6.04 Å². The smallest absolute Gasteiger partial charge is 0.329 e. The largest absolute Gasteiger partial charge is 0.464 e. The monoisotopic (exact) mass is 316 g/mol. The maximum absolute atomic E-state index is 12.2. The van der Waals surface area contributed by atoms with Crippen LogP contribution in [0.4, 0.5) is 5.82 Å². The lowest BCUT2D eigenvalue weighted by atomic mass is 10.2. The second-order valence-corrected chi connectivity index (χ2v) is 5.02. The van der Waals surface area contributed by atoms with Crippen molar-refractivity contribution in [2.45, 2.75) is 19.4 Å². The highest BCUT2D eigenvalue weighted by atomic mass is 16.5. The van der Waals surface area contributed by atoms with Gasteiger partial charge in [-0.1, -0.05) is 6.08 Å². The number of fused-ring (bicyclic) bond motifs is 1. The van der Waals surface area contributed by atoms with Crippen LogP contribution in [-0.2, 0) is 9.53 Å². The van der Waals surface area contributed by atoms with E-state index in [2.05, 4.69) is 26.5 Å². The summed E-state index contributed by atoms with van der Waals surface area (Å²) in [4.78, 5) is 30.9. The first-order valence-electron chi connectivity index (χ1n) is 7.24. The van der Waals surface area contributed by atoms with Crippen LogP contribution in [0, 0.1) is 0 Å². The number of aliphatic imine (C=N–C) groups is 1. The molecule has 0 fully saturated rings. The molecule has 2 aromatic rings. The number of carbonyl (C=O) groups excluding carboxylic acids is 1. The molecule has 8 nitrogen and oxygen atoms in total. The number of nitrogens with zero attached hydrogens (tertiary/aromatic N) is 6. The molecule has 0 bridgehead atoms. The van der Waals surface area contributed by atoms with Gasteiger partial charge >= 0.3 is 5.97 Å². The number of imidazole rings is 1. The van der Waals surface area contributed by atoms with Crippen LogP contribution in [0.5, 0.6) is 0 Å². The normalized spacial score (nSPS) is 12.5. The summed E-state index contributed by atoms with van der Waals surface area (Å²) in [7, 11) is 3.72. The Kier molecular flexibility index (Phi) is 5.40. The average Bonchev–Trinajstić information content (AvgIpc) is 2.95. The van der Waals surface area contributed by atoms with E-state index >= 15 is 0 Å². The zero-order valence-corrected chi connectivity index (χ0v) is 13.5. The fourth-order valence-corrected chi connectivity index (χ4v) is 2.05. The number of allylic oxidation sites excluding steroid dienone is 1. The average molecular weight is 316 g/mol. The van der Waals surface area contributed by atoms with Crippen molar-refractivity contribution < 1.29 is 9.53 Å². The van der Waals surface area contributed by atoms with Crippen LogP contribution in [0.1, 0.15) is 19.4 Å². The molecule has 1 atom stereocenters. The van der Waals surface area contributed by atoms with Crippen molar-refractivity contribution in [1.29, 1.82) is 0 Å². The van der Waals surface area contributed by atoms with E-state index in [0.717, 1.165) is 0 Å². The van der Waals surface area contributed by atoms with Crippen LogP contribution in [0.25, 0.3) is 11.2 Å². The summed E-state index contributed by atoms with van der Waals surface area (Å²) in [6, 6.07) is -0.557. The highest BCUT2D eigenvalue weighted by Crippen LogP contribution is 2.24. The second kappa shape index (κ2) is 7.48. The van der Waals surface area contributed by atoms with Crippen LogP contribution in [0.2, 0.25) is 0 Å². The molecule has 0 saturated heterocycles. The van der Waals surface area contributed by atoms with E-state index in [1.54, 1.807) is 35.1 Å². The maximum atomic E-state index is 12.2. The van der Waals surface area contributed by atoms with Crippen molar-refractivity contribution in [2.75, 3.05) is 20.7 Å². The predicted octanol–water partition coefficient (Wildman–Crippen LogP) is 1.73. The molecule has 0 N–H and O–H groups in total. The van der Waals surface area contributed by atoms with Gasteiger partial charge in [-0.15, -0.1) is 6.58 Å². The Labute approximate surface area is 134 Å². The Hall–Kier alpha value is -2.77. The van der Waals surface area contributed by atoms with Crippen LogP contribution < -0.4 is 0 Å². The van der Waals surface area contributed by atoms with E-state index in [0.29, 0.717) is 30.0 Å². The lowest BCUT2D eigenvalue weighted by Gasteiger charge is -2.15. The summed E-state index contributed by atoms with van der Waals surface area (Å²) in [6.45, 7) is 5.78. The lowest BCUT2D eigenvalue weighted by Crippen LogP contribution is -2.21. The van der Waals surface area contributed by atoms with Crippen LogP contribution >= 0.6 is 0 Å². The Morgan fingerprint density at radius 3 is 2.91 bits per heavy atom. The van der Waals surface area contributed by atoms with Gasteiger partial charge in [0, 0.05) is 14.1 Å². The van der Waals surface area contributed by atoms with Gasteiger partial charge in [0.25, 0.3) is 0 Å². The summed E-state index contributed by atoms with van der Waals surface area (Å²) in [6.07, 6.45) is 6.68. The van der Waals surface area contributed by atoms with Crippen LogP contribution in [-0.4, -0.2) is 57.4 Å². The molecule has 1 unspecified atom stereocenters. The minimum absolute atomic E-state index is 0.312. The van der Waals surface area contributed by atoms with E-state index in [4.69, 9.17) is 4.74 Å². The number of ether oxygens (including phenoxy) is 1. The first-order chi connectivity index (χ1) is 11.1. The molecular formula is C15H20N6O2. The van der Waals surface area contributed by atoms with Crippen molar-refractivity contribution >= 4 is 29.3 Å². The molecule has 0 aliphatic rings. The summed E-state index contributed by atoms with van der Waals surface area (Å²) in [5.41, 5.74) is 1.06. The Morgan fingerprint density at radius 2 is 2.26 bits per heavy atom. The van der Waals surface area contributed by atoms with Gasteiger partial charge in [-0.3, -0.25) is 0 Å². The van der Waals surface area contributed by atoms with Crippen LogP contribution in [0.15, 0.2) is 30.3 Å². The standard InChI is InChI=1S/C15H20N6O2/c1-5-7-11(15(22)23-6-2)21-10-18-12-13(19-9-20(3)4)16-8-17-14(12)21/h5,8-11H,1,6-7H2,2-4H3/b19-9+. The highest BCUT2D eigenvalue weighted by molar-refractivity contribution is 5.85. The van der Waals surface area contributed by atoms with E-state index in [9.17, 15) is 4.79 Å². The highest BCUT2D eigenvalue weighted by Gasteiger charge is 2.23. The van der Waals surface area contributed by atoms with Gasteiger partial charge in [0.1, 0.15) is 12.4 Å². The third kappa shape index (κ3) is 3.71. The Bertz CT molecular complexity index is 722. The molecule has 0 aliphatic carbocycles. The zero-order chi connectivity index (χ0) is 16.8. The number of carbonyl (C=O) groups is 1. The first kappa shape index (κ1) is 16.6. The van der Waals surface area contributed by atoms with Crippen LogP contribution in [0.3, 0.4) is 0 Å². The van der Waals surface area contributed by atoms with Gasteiger partial charge in [-0.25, -0.2) is 24.7 Å². The fourth-order valence-electron chi connectivity index (χ4n) is 2.05. The van der Waals surface area contributed by atoms with Crippen molar-refractivity contribution in [1.82, 2.24) is 24.4 Å². The van der Waals surface area contributed by atoms with Crippen molar-refractivity contribution in [3.05, 3.63) is 25.3 Å². The molecule has 0 spiro atoms. The molecule has 0 saturated carbocycles. The number of aromatic nitrogens is 4. The molecule has 0 radical (unpaired) electrons. The molecule has 2 heterocycles. The molecule has 0 aliphatic heterocycles. The fraction of sp³-hybridized carbons (Fsp3) is 0.400. The maximum Gasteiger partial charge on any atom is 0.329 e. The summed E-state index contributed by atoms with van der Waals surface area (Å²) in [5, 5.41) is 0. The van der Waals surface area contributed by atoms with E-state index in [1.807, 2.05) is 14.1 Å².